The standard InChI is InChI=1S/C33H50N2/c1-32(2,3)28-10-12-30(24-14-18-34-19-15-24)26(22-28)8-9-27-23-29(33(4,5)6)11-13-31(27)25-16-20-35(7)21-17-25/h10-13,22-25,34H,8-9,14-21H2,1-7H3. The van der Waals surface area contributed by atoms with Crippen LogP contribution in [0.15, 0.2) is 36.4 Å². The van der Waals surface area contributed by atoms with Crippen molar-refractivity contribution >= 4 is 0 Å². The molecule has 0 aromatic heterocycles. The maximum Gasteiger partial charge on any atom is -0.00159 e. The Morgan fingerprint density at radius 2 is 1.11 bits per heavy atom. The lowest BCUT2D eigenvalue weighted by Crippen LogP contribution is -2.29. The van der Waals surface area contributed by atoms with Gasteiger partial charge in [-0.1, -0.05) is 77.9 Å². The number of aryl methyl sites for hydroxylation is 2. The smallest absolute Gasteiger partial charge is 0.00159 e. The minimum absolute atomic E-state index is 0.187. The molecule has 0 amide bonds. The number of benzene rings is 2. The van der Waals surface area contributed by atoms with Crippen molar-refractivity contribution in [3.8, 4) is 0 Å². The molecule has 192 valence electrons. The third kappa shape index (κ3) is 6.57. The first-order chi connectivity index (χ1) is 16.5. The SMILES string of the molecule is CN1CCC(c2ccc(C(C)(C)C)cc2CCc2cc(C(C)(C)C)ccc2C2CCNCC2)CC1. The Bertz CT molecular complexity index is 977. The van der Waals surface area contributed by atoms with E-state index >= 15 is 0 Å². The van der Waals surface area contributed by atoms with Crippen LogP contribution in [0.4, 0.5) is 0 Å². The minimum Gasteiger partial charge on any atom is -0.317 e. The first-order valence-electron chi connectivity index (χ1n) is 14.2. The molecule has 2 nitrogen and oxygen atoms in total. The van der Waals surface area contributed by atoms with Crippen LogP contribution in [0.25, 0.3) is 0 Å². The van der Waals surface area contributed by atoms with E-state index in [4.69, 9.17) is 0 Å². The molecule has 2 aliphatic heterocycles. The van der Waals surface area contributed by atoms with Crippen molar-refractivity contribution in [3.63, 3.8) is 0 Å². The van der Waals surface area contributed by atoms with Crippen LogP contribution in [0.3, 0.4) is 0 Å². The number of hydrogen-bond acceptors (Lipinski definition) is 2. The van der Waals surface area contributed by atoms with Crippen molar-refractivity contribution in [2.45, 2.75) is 103 Å². The van der Waals surface area contributed by atoms with E-state index in [9.17, 15) is 0 Å². The molecular formula is C33H50N2. The highest BCUT2D eigenvalue weighted by molar-refractivity contribution is 5.41. The number of nitrogens with zero attached hydrogens (tertiary/aromatic N) is 1. The summed E-state index contributed by atoms with van der Waals surface area (Å²) in [6.07, 6.45) is 7.41. The van der Waals surface area contributed by atoms with E-state index in [1.54, 1.807) is 22.3 Å². The monoisotopic (exact) mass is 474 g/mol. The second kappa shape index (κ2) is 10.8. The van der Waals surface area contributed by atoms with Crippen LogP contribution < -0.4 is 5.32 Å². The second-order valence-corrected chi connectivity index (χ2v) is 13.4. The lowest BCUT2D eigenvalue weighted by molar-refractivity contribution is 0.255. The average Bonchev–Trinajstić information content (AvgIpc) is 2.82. The van der Waals surface area contributed by atoms with E-state index in [1.165, 1.54) is 49.9 Å². The van der Waals surface area contributed by atoms with Crippen molar-refractivity contribution in [2.24, 2.45) is 0 Å². The van der Waals surface area contributed by atoms with Gasteiger partial charge in [-0.05, 0) is 128 Å². The van der Waals surface area contributed by atoms with Crippen LogP contribution >= 0.6 is 0 Å². The Morgan fingerprint density at radius 3 is 1.54 bits per heavy atom. The molecule has 35 heavy (non-hydrogen) atoms. The zero-order chi connectivity index (χ0) is 25.2. The normalized spacial score (nSPS) is 19.3. The first-order valence-corrected chi connectivity index (χ1v) is 14.2. The summed E-state index contributed by atoms with van der Waals surface area (Å²) in [6.45, 7) is 18.8. The topological polar surface area (TPSA) is 15.3 Å². The summed E-state index contributed by atoms with van der Waals surface area (Å²) in [4.78, 5) is 2.49. The zero-order valence-corrected chi connectivity index (χ0v) is 23.6. The predicted molar refractivity (Wildman–Crippen MR) is 152 cm³/mol. The second-order valence-electron chi connectivity index (χ2n) is 13.4. The van der Waals surface area contributed by atoms with E-state index in [-0.39, 0.29) is 10.8 Å². The molecule has 0 bridgehead atoms. The molecule has 0 aliphatic carbocycles. The molecule has 0 spiro atoms. The van der Waals surface area contributed by atoms with E-state index in [2.05, 4.69) is 95.2 Å². The van der Waals surface area contributed by atoms with Crippen LogP contribution in [0.2, 0.25) is 0 Å². The molecule has 2 aromatic carbocycles. The van der Waals surface area contributed by atoms with Gasteiger partial charge in [0.25, 0.3) is 0 Å². The highest BCUT2D eigenvalue weighted by atomic mass is 15.1. The summed E-state index contributed by atoms with van der Waals surface area (Å²) in [5.74, 6) is 1.41. The highest BCUT2D eigenvalue weighted by Gasteiger charge is 2.25. The molecule has 0 unspecified atom stereocenters. The lowest BCUT2D eigenvalue weighted by Gasteiger charge is -2.32. The number of rotatable bonds is 5. The molecule has 2 heterocycles. The molecular weight excluding hydrogens is 424 g/mol. The van der Waals surface area contributed by atoms with E-state index in [1.807, 2.05) is 0 Å². The molecule has 2 heteroatoms. The largest absolute Gasteiger partial charge is 0.317 e. The Labute approximate surface area is 215 Å². The fourth-order valence-corrected chi connectivity index (χ4v) is 6.10. The van der Waals surface area contributed by atoms with Gasteiger partial charge in [0.1, 0.15) is 0 Å². The van der Waals surface area contributed by atoms with Gasteiger partial charge in [-0.15, -0.1) is 0 Å². The summed E-state index contributed by atoms with van der Waals surface area (Å²) in [5.41, 5.74) is 9.77. The molecule has 2 aliphatic rings. The van der Waals surface area contributed by atoms with Crippen molar-refractivity contribution < 1.29 is 0 Å². The van der Waals surface area contributed by atoms with Crippen molar-refractivity contribution in [1.29, 1.82) is 0 Å². The molecule has 2 fully saturated rings. The summed E-state index contributed by atoms with van der Waals surface area (Å²) >= 11 is 0. The number of likely N-dealkylation sites (tertiary alicyclic amines) is 1. The van der Waals surface area contributed by atoms with Gasteiger partial charge < -0.3 is 10.2 Å². The summed E-state index contributed by atoms with van der Waals surface area (Å²) in [7, 11) is 2.27. The van der Waals surface area contributed by atoms with Gasteiger partial charge >= 0.3 is 0 Å². The van der Waals surface area contributed by atoms with E-state index in [0.717, 1.165) is 25.9 Å². The molecule has 4 rings (SSSR count). The highest BCUT2D eigenvalue weighted by Crippen LogP contribution is 2.36. The lowest BCUT2D eigenvalue weighted by atomic mass is 9.78. The zero-order valence-electron chi connectivity index (χ0n) is 23.6. The van der Waals surface area contributed by atoms with E-state index < -0.39 is 0 Å². The third-order valence-corrected chi connectivity index (χ3v) is 8.62. The summed E-state index contributed by atoms with van der Waals surface area (Å²) in [5, 5.41) is 3.56. The van der Waals surface area contributed by atoms with Gasteiger partial charge in [-0.2, -0.15) is 0 Å². The van der Waals surface area contributed by atoms with E-state index in [0.29, 0.717) is 11.8 Å². The van der Waals surface area contributed by atoms with Gasteiger partial charge in [-0.3, -0.25) is 0 Å². The number of hydrogen-bond donors (Lipinski definition) is 1. The van der Waals surface area contributed by atoms with Gasteiger partial charge in [0.15, 0.2) is 0 Å². The van der Waals surface area contributed by atoms with Crippen LogP contribution in [0, 0.1) is 0 Å². The van der Waals surface area contributed by atoms with Crippen LogP contribution in [-0.4, -0.2) is 38.1 Å². The molecule has 0 radical (unpaired) electrons. The van der Waals surface area contributed by atoms with Gasteiger partial charge in [0.05, 0.1) is 0 Å². The predicted octanol–water partition coefficient (Wildman–Crippen LogP) is 7.34. The van der Waals surface area contributed by atoms with Gasteiger partial charge in [0, 0.05) is 0 Å². The molecule has 2 saturated heterocycles. The van der Waals surface area contributed by atoms with Gasteiger partial charge in [-0.25, -0.2) is 0 Å². The minimum atomic E-state index is 0.187. The molecule has 2 aromatic rings. The Kier molecular flexibility index (Phi) is 8.13. The Balaban J connectivity index is 1.66. The quantitative estimate of drug-likeness (QED) is 0.487. The Hall–Kier alpha value is -1.64. The van der Waals surface area contributed by atoms with Crippen molar-refractivity contribution in [1.82, 2.24) is 10.2 Å². The van der Waals surface area contributed by atoms with Crippen LogP contribution in [0.1, 0.15) is 112 Å². The van der Waals surface area contributed by atoms with Crippen LogP contribution in [-0.2, 0) is 23.7 Å². The van der Waals surface area contributed by atoms with Gasteiger partial charge in [0.2, 0.25) is 0 Å². The summed E-state index contributed by atoms with van der Waals surface area (Å²) < 4.78 is 0. The average molecular weight is 475 g/mol. The number of nitrogens with one attached hydrogen (secondary N) is 1. The fourth-order valence-electron chi connectivity index (χ4n) is 6.10. The maximum atomic E-state index is 3.56. The van der Waals surface area contributed by atoms with Crippen molar-refractivity contribution in [3.05, 3.63) is 69.8 Å². The number of piperidine rings is 2. The fraction of sp³-hybridized carbons (Fsp3) is 0.636. The Morgan fingerprint density at radius 1 is 0.686 bits per heavy atom. The molecule has 1 N–H and O–H groups in total. The maximum absolute atomic E-state index is 3.56. The van der Waals surface area contributed by atoms with Crippen molar-refractivity contribution in [2.75, 3.05) is 33.2 Å². The third-order valence-electron chi connectivity index (χ3n) is 8.62. The van der Waals surface area contributed by atoms with Crippen LogP contribution in [0.5, 0.6) is 0 Å². The summed E-state index contributed by atoms with van der Waals surface area (Å²) in [6, 6.07) is 14.9. The molecule has 0 atom stereocenters. The first kappa shape index (κ1) is 26.4. The molecule has 0 saturated carbocycles.